The van der Waals surface area contributed by atoms with E-state index in [-0.39, 0.29) is 18.0 Å². The fourth-order valence-electron chi connectivity index (χ4n) is 4.85. The molecule has 2 heterocycles. The molecule has 4 rings (SSSR count). The minimum atomic E-state index is -0.244. The van der Waals surface area contributed by atoms with Crippen molar-refractivity contribution in [1.29, 1.82) is 0 Å². The molecule has 0 bridgehead atoms. The second-order valence-electron chi connectivity index (χ2n) is 9.12. The van der Waals surface area contributed by atoms with Crippen molar-refractivity contribution in [2.45, 2.75) is 70.4 Å². The molecule has 0 radical (unpaired) electrons. The van der Waals surface area contributed by atoms with Crippen LogP contribution in [0, 0.1) is 0 Å². The van der Waals surface area contributed by atoms with E-state index in [1.54, 1.807) is 24.0 Å². The Labute approximate surface area is 201 Å². The predicted molar refractivity (Wildman–Crippen MR) is 129 cm³/mol. The van der Waals surface area contributed by atoms with Crippen molar-refractivity contribution in [3.63, 3.8) is 0 Å². The number of esters is 1. The highest BCUT2D eigenvalue weighted by molar-refractivity contribution is 5.93. The summed E-state index contributed by atoms with van der Waals surface area (Å²) in [5.41, 5.74) is 1.34. The van der Waals surface area contributed by atoms with Gasteiger partial charge in [-0.2, -0.15) is 5.10 Å². The van der Waals surface area contributed by atoms with Gasteiger partial charge in [0.1, 0.15) is 11.9 Å². The third-order valence-corrected chi connectivity index (χ3v) is 6.72. The summed E-state index contributed by atoms with van der Waals surface area (Å²) < 4.78 is 12.8. The number of hydrogen-bond acceptors (Lipinski definition) is 6. The maximum Gasteiger partial charge on any atom is 0.305 e. The molecule has 2 aromatic rings. The molecule has 0 unspecified atom stereocenters. The van der Waals surface area contributed by atoms with Gasteiger partial charge < -0.3 is 19.7 Å². The van der Waals surface area contributed by atoms with Crippen molar-refractivity contribution in [3.05, 3.63) is 42.2 Å². The Hall–Kier alpha value is -2.87. The minimum absolute atomic E-state index is 0.209. The van der Waals surface area contributed by atoms with Gasteiger partial charge in [-0.15, -0.1) is 0 Å². The van der Waals surface area contributed by atoms with Crippen molar-refractivity contribution >= 4 is 11.9 Å². The van der Waals surface area contributed by atoms with Crippen molar-refractivity contribution in [3.8, 4) is 11.4 Å². The summed E-state index contributed by atoms with van der Waals surface area (Å²) >= 11 is 0. The monoisotopic (exact) mass is 468 g/mol. The van der Waals surface area contributed by atoms with Crippen LogP contribution in [0.2, 0.25) is 0 Å². The smallest absolute Gasteiger partial charge is 0.305 e. The lowest BCUT2D eigenvalue weighted by atomic mass is 10.0. The number of piperidine rings is 1. The highest BCUT2D eigenvalue weighted by Gasteiger charge is 2.27. The van der Waals surface area contributed by atoms with Gasteiger partial charge in [-0.25, -0.2) is 4.68 Å². The molecule has 1 saturated heterocycles. The Morgan fingerprint density at radius 3 is 2.53 bits per heavy atom. The normalized spacial score (nSPS) is 17.6. The first-order chi connectivity index (χ1) is 16.6. The maximum atomic E-state index is 12.3. The minimum Gasteiger partial charge on any atom is -0.490 e. The zero-order valence-electron chi connectivity index (χ0n) is 20.1. The van der Waals surface area contributed by atoms with Crippen LogP contribution < -0.4 is 10.1 Å². The van der Waals surface area contributed by atoms with Gasteiger partial charge in [0, 0.05) is 38.3 Å². The Bertz CT molecular complexity index is 929. The summed E-state index contributed by atoms with van der Waals surface area (Å²) in [6.45, 7) is 4.83. The van der Waals surface area contributed by atoms with Gasteiger partial charge in [-0.05, 0) is 63.3 Å². The van der Waals surface area contributed by atoms with Crippen LogP contribution in [0.5, 0.6) is 5.75 Å². The van der Waals surface area contributed by atoms with E-state index < -0.39 is 0 Å². The van der Waals surface area contributed by atoms with E-state index in [1.807, 2.05) is 24.3 Å². The number of ether oxygens (including phenoxy) is 2. The van der Waals surface area contributed by atoms with Crippen LogP contribution in [0.3, 0.4) is 0 Å². The van der Waals surface area contributed by atoms with Crippen LogP contribution in [-0.2, 0) is 9.53 Å². The molecule has 1 amide bonds. The van der Waals surface area contributed by atoms with Crippen LogP contribution in [-0.4, -0.2) is 64.9 Å². The third kappa shape index (κ3) is 6.59. The van der Waals surface area contributed by atoms with Gasteiger partial charge in [0.15, 0.2) is 0 Å². The second-order valence-corrected chi connectivity index (χ2v) is 9.12. The lowest BCUT2D eigenvalue weighted by Gasteiger charge is -2.36. The number of nitrogens with zero attached hydrogens (tertiary/aromatic N) is 3. The van der Waals surface area contributed by atoms with Crippen molar-refractivity contribution in [2.75, 3.05) is 26.2 Å². The molecule has 1 N–H and O–H groups in total. The Kier molecular flexibility index (Phi) is 8.57. The number of carbonyl (C=O) groups excluding carboxylic acids is 2. The number of likely N-dealkylation sites (tertiary alicyclic amines) is 1. The average Bonchev–Trinajstić information content (AvgIpc) is 3.56. The molecule has 8 nitrogen and oxygen atoms in total. The maximum absolute atomic E-state index is 12.3. The van der Waals surface area contributed by atoms with E-state index in [4.69, 9.17) is 9.47 Å². The first-order valence-corrected chi connectivity index (χ1v) is 12.6. The Morgan fingerprint density at radius 2 is 1.82 bits per heavy atom. The Morgan fingerprint density at radius 1 is 1.09 bits per heavy atom. The highest BCUT2D eigenvalue weighted by atomic mass is 16.5. The molecular formula is C26H36N4O4. The first-order valence-electron chi connectivity index (χ1n) is 12.6. The first kappa shape index (κ1) is 24.3. The fraction of sp³-hybridized carbons (Fsp3) is 0.577. The van der Waals surface area contributed by atoms with Crippen molar-refractivity contribution < 1.29 is 19.1 Å². The molecule has 1 aliphatic heterocycles. The summed E-state index contributed by atoms with van der Waals surface area (Å²) in [7, 11) is 0. The van der Waals surface area contributed by atoms with Crippen LogP contribution in [0.1, 0.15) is 68.6 Å². The average molecular weight is 469 g/mol. The number of benzene rings is 1. The van der Waals surface area contributed by atoms with E-state index >= 15 is 0 Å². The summed E-state index contributed by atoms with van der Waals surface area (Å²) in [6, 6.07) is 8.64. The summed E-state index contributed by atoms with van der Waals surface area (Å²) in [4.78, 5) is 26.3. The summed E-state index contributed by atoms with van der Waals surface area (Å²) in [5, 5.41) is 7.13. The quantitative estimate of drug-likeness (QED) is 0.422. The lowest BCUT2D eigenvalue weighted by molar-refractivity contribution is -0.143. The number of amides is 1. The fourth-order valence-corrected chi connectivity index (χ4v) is 4.85. The van der Waals surface area contributed by atoms with Gasteiger partial charge in [0.25, 0.3) is 5.91 Å². The predicted octanol–water partition coefficient (Wildman–Crippen LogP) is 3.73. The van der Waals surface area contributed by atoms with Crippen molar-refractivity contribution in [1.82, 2.24) is 20.0 Å². The molecule has 1 aliphatic carbocycles. The zero-order valence-corrected chi connectivity index (χ0v) is 20.1. The van der Waals surface area contributed by atoms with E-state index in [0.717, 1.165) is 43.4 Å². The highest BCUT2D eigenvalue weighted by Crippen LogP contribution is 2.27. The number of rotatable bonds is 10. The molecule has 184 valence electrons. The van der Waals surface area contributed by atoms with Gasteiger partial charge >= 0.3 is 5.97 Å². The molecule has 34 heavy (non-hydrogen) atoms. The molecule has 2 fully saturated rings. The van der Waals surface area contributed by atoms with E-state index in [2.05, 4.69) is 15.3 Å². The largest absolute Gasteiger partial charge is 0.490 e. The number of hydrogen-bond donors (Lipinski definition) is 1. The number of nitrogens with one attached hydrogen (secondary N) is 1. The third-order valence-electron chi connectivity index (χ3n) is 6.72. The van der Waals surface area contributed by atoms with E-state index in [9.17, 15) is 9.59 Å². The van der Waals surface area contributed by atoms with Crippen molar-refractivity contribution in [2.24, 2.45) is 0 Å². The van der Waals surface area contributed by atoms with Crippen LogP contribution in [0.4, 0.5) is 0 Å². The molecule has 8 heteroatoms. The van der Waals surface area contributed by atoms with Crippen LogP contribution in [0.25, 0.3) is 5.69 Å². The summed E-state index contributed by atoms with van der Waals surface area (Å²) in [5.74, 6) is 0.417. The number of aromatic nitrogens is 2. The molecule has 1 aromatic carbocycles. The lowest BCUT2D eigenvalue weighted by Crippen LogP contribution is -2.43. The van der Waals surface area contributed by atoms with Gasteiger partial charge in [-0.3, -0.25) is 9.59 Å². The zero-order chi connectivity index (χ0) is 23.8. The van der Waals surface area contributed by atoms with E-state index in [1.165, 1.54) is 25.7 Å². The molecule has 0 atom stereocenters. The molecule has 1 aromatic heterocycles. The molecule has 0 spiro atoms. The molecule has 1 saturated carbocycles. The van der Waals surface area contributed by atoms with Gasteiger partial charge in [0.2, 0.25) is 0 Å². The SMILES string of the molecule is CCOC(=O)CCCNC(=O)c1cnn(-c2ccc(OC3CCN(C4CCCC4)CC3)cc2)c1. The van der Waals surface area contributed by atoms with Gasteiger partial charge in [-0.1, -0.05) is 12.8 Å². The van der Waals surface area contributed by atoms with E-state index in [0.29, 0.717) is 31.6 Å². The van der Waals surface area contributed by atoms with Gasteiger partial charge in [0.05, 0.1) is 24.1 Å². The van der Waals surface area contributed by atoms with Crippen LogP contribution >= 0.6 is 0 Å². The topological polar surface area (TPSA) is 85.7 Å². The Balaban J connectivity index is 1.22. The summed E-state index contributed by atoms with van der Waals surface area (Å²) in [6.07, 6.45) is 12.0. The molecular weight excluding hydrogens is 432 g/mol. The number of carbonyl (C=O) groups is 2. The van der Waals surface area contributed by atoms with Crippen LogP contribution in [0.15, 0.2) is 36.7 Å². The standard InChI is InChI=1S/C26H36N4O4/c1-2-33-25(31)8-5-15-27-26(32)20-18-28-30(19-20)22-9-11-23(12-10-22)34-24-13-16-29(17-14-24)21-6-3-4-7-21/h9-12,18-19,21,24H,2-8,13-17H2,1H3,(H,27,32). The molecule has 2 aliphatic rings. The second kappa shape index (κ2) is 12.0.